The maximum Gasteiger partial charge on any atom is 0.157 e. The second-order valence-electron chi connectivity index (χ2n) is 5.32. The van der Waals surface area contributed by atoms with E-state index in [4.69, 9.17) is 18.9 Å². The summed E-state index contributed by atoms with van der Waals surface area (Å²) in [6, 6.07) is 5.83. The monoisotopic (exact) mass is 306 g/mol. The maximum absolute atomic E-state index is 5.71. The lowest BCUT2D eigenvalue weighted by molar-refractivity contribution is -0.162. The molecule has 0 bridgehead atoms. The van der Waals surface area contributed by atoms with Gasteiger partial charge in [0.15, 0.2) is 6.29 Å². The molecule has 1 unspecified atom stereocenters. The van der Waals surface area contributed by atoms with Crippen molar-refractivity contribution >= 4 is 6.08 Å². The molecule has 2 rings (SSSR count). The molecule has 0 aliphatic carbocycles. The average molecular weight is 306 g/mol. The Kier molecular flexibility index (Phi) is 7.26. The Morgan fingerprint density at radius 2 is 2.14 bits per heavy atom. The SMILES string of the molecule is COc1ccc(/C=C\CCCOC2CCCCO2)c(OC)c1. The molecule has 122 valence electrons. The molecule has 1 aromatic rings. The van der Waals surface area contributed by atoms with Crippen molar-refractivity contribution in [3.8, 4) is 11.5 Å². The smallest absolute Gasteiger partial charge is 0.157 e. The Morgan fingerprint density at radius 1 is 1.23 bits per heavy atom. The lowest BCUT2D eigenvalue weighted by Crippen LogP contribution is -2.22. The molecular formula is C18H26O4. The summed E-state index contributed by atoms with van der Waals surface area (Å²) in [7, 11) is 3.32. The Morgan fingerprint density at radius 3 is 2.86 bits per heavy atom. The van der Waals surface area contributed by atoms with E-state index < -0.39 is 0 Å². The predicted molar refractivity (Wildman–Crippen MR) is 87.4 cm³/mol. The van der Waals surface area contributed by atoms with Crippen LogP contribution in [-0.4, -0.2) is 33.7 Å². The average Bonchev–Trinajstić information content (AvgIpc) is 2.59. The summed E-state index contributed by atoms with van der Waals surface area (Å²) < 4.78 is 21.8. The highest BCUT2D eigenvalue weighted by Crippen LogP contribution is 2.25. The molecule has 1 atom stereocenters. The van der Waals surface area contributed by atoms with Gasteiger partial charge in [0.2, 0.25) is 0 Å². The highest BCUT2D eigenvalue weighted by molar-refractivity contribution is 5.59. The molecular weight excluding hydrogens is 280 g/mol. The second-order valence-corrected chi connectivity index (χ2v) is 5.32. The number of benzene rings is 1. The van der Waals surface area contributed by atoms with E-state index in [1.165, 1.54) is 6.42 Å². The van der Waals surface area contributed by atoms with Crippen molar-refractivity contribution in [1.29, 1.82) is 0 Å². The first kappa shape index (κ1) is 16.8. The topological polar surface area (TPSA) is 36.9 Å². The van der Waals surface area contributed by atoms with Gasteiger partial charge in [-0.25, -0.2) is 0 Å². The van der Waals surface area contributed by atoms with Crippen molar-refractivity contribution in [3.05, 3.63) is 29.8 Å². The molecule has 0 amide bonds. The number of ether oxygens (including phenoxy) is 4. The van der Waals surface area contributed by atoms with E-state index in [0.29, 0.717) is 0 Å². The van der Waals surface area contributed by atoms with Gasteiger partial charge >= 0.3 is 0 Å². The zero-order valence-electron chi connectivity index (χ0n) is 13.5. The third kappa shape index (κ3) is 5.35. The van der Waals surface area contributed by atoms with Crippen LogP contribution in [0.3, 0.4) is 0 Å². The van der Waals surface area contributed by atoms with Gasteiger partial charge in [-0.1, -0.05) is 12.2 Å². The Hall–Kier alpha value is -1.52. The van der Waals surface area contributed by atoms with Gasteiger partial charge in [-0.3, -0.25) is 0 Å². The van der Waals surface area contributed by atoms with Gasteiger partial charge in [-0.05, 0) is 44.2 Å². The molecule has 4 nitrogen and oxygen atoms in total. The Bertz CT molecular complexity index is 464. The van der Waals surface area contributed by atoms with Gasteiger partial charge in [0, 0.05) is 18.2 Å². The minimum Gasteiger partial charge on any atom is -0.497 e. The lowest BCUT2D eigenvalue weighted by Gasteiger charge is -2.22. The first-order chi connectivity index (χ1) is 10.8. The third-order valence-corrected chi connectivity index (χ3v) is 3.69. The molecule has 4 heteroatoms. The van der Waals surface area contributed by atoms with Crippen LogP contribution in [-0.2, 0) is 9.47 Å². The number of methoxy groups -OCH3 is 2. The quantitative estimate of drug-likeness (QED) is 0.679. The van der Waals surface area contributed by atoms with Gasteiger partial charge in [0.1, 0.15) is 11.5 Å². The number of hydrogen-bond acceptors (Lipinski definition) is 4. The molecule has 0 N–H and O–H groups in total. The van der Waals surface area contributed by atoms with Crippen molar-refractivity contribution in [1.82, 2.24) is 0 Å². The molecule has 1 heterocycles. The highest BCUT2D eigenvalue weighted by Gasteiger charge is 2.13. The number of unbranched alkanes of at least 4 members (excludes halogenated alkanes) is 1. The second kappa shape index (κ2) is 9.49. The fourth-order valence-corrected chi connectivity index (χ4v) is 2.43. The van der Waals surface area contributed by atoms with Gasteiger partial charge in [-0.15, -0.1) is 0 Å². The Labute approximate surface area is 133 Å². The van der Waals surface area contributed by atoms with Crippen molar-refractivity contribution in [2.45, 2.75) is 38.4 Å². The summed E-state index contributed by atoms with van der Waals surface area (Å²) in [6.45, 7) is 1.58. The Balaban J connectivity index is 1.70. The van der Waals surface area contributed by atoms with Gasteiger partial charge < -0.3 is 18.9 Å². The van der Waals surface area contributed by atoms with Crippen molar-refractivity contribution in [3.63, 3.8) is 0 Å². The zero-order chi connectivity index (χ0) is 15.6. The van der Waals surface area contributed by atoms with E-state index in [1.807, 2.05) is 18.2 Å². The van der Waals surface area contributed by atoms with Gasteiger partial charge in [0.25, 0.3) is 0 Å². The van der Waals surface area contributed by atoms with Crippen LogP contribution in [0, 0.1) is 0 Å². The fraction of sp³-hybridized carbons (Fsp3) is 0.556. The van der Waals surface area contributed by atoms with Crippen LogP contribution in [0.15, 0.2) is 24.3 Å². The number of allylic oxidation sites excluding steroid dienone is 1. The molecule has 0 saturated carbocycles. The van der Waals surface area contributed by atoms with E-state index in [2.05, 4.69) is 12.2 Å². The van der Waals surface area contributed by atoms with Crippen LogP contribution in [0.2, 0.25) is 0 Å². The van der Waals surface area contributed by atoms with Crippen LogP contribution >= 0.6 is 0 Å². The molecule has 1 aliphatic rings. The molecule has 0 radical (unpaired) electrons. The highest BCUT2D eigenvalue weighted by atomic mass is 16.7. The molecule has 1 aromatic carbocycles. The van der Waals surface area contributed by atoms with E-state index in [9.17, 15) is 0 Å². The lowest BCUT2D eigenvalue weighted by atomic mass is 10.1. The summed E-state index contributed by atoms with van der Waals surface area (Å²) >= 11 is 0. The van der Waals surface area contributed by atoms with E-state index in [1.54, 1.807) is 14.2 Å². The minimum absolute atomic E-state index is 0.0133. The first-order valence-corrected chi connectivity index (χ1v) is 7.95. The summed E-state index contributed by atoms with van der Waals surface area (Å²) in [4.78, 5) is 0. The van der Waals surface area contributed by atoms with Crippen LogP contribution in [0.5, 0.6) is 11.5 Å². The number of hydrogen-bond donors (Lipinski definition) is 0. The van der Waals surface area contributed by atoms with Gasteiger partial charge in [0.05, 0.1) is 20.8 Å². The van der Waals surface area contributed by atoms with Crippen LogP contribution in [0.1, 0.15) is 37.7 Å². The molecule has 1 saturated heterocycles. The van der Waals surface area contributed by atoms with Crippen molar-refractivity contribution in [2.75, 3.05) is 27.4 Å². The molecule has 1 aliphatic heterocycles. The fourth-order valence-electron chi connectivity index (χ4n) is 2.43. The summed E-state index contributed by atoms with van der Waals surface area (Å²) in [5, 5.41) is 0. The summed E-state index contributed by atoms with van der Waals surface area (Å²) in [6.07, 6.45) is 9.61. The van der Waals surface area contributed by atoms with Crippen LogP contribution < -0.4 is 9.47 Å². The molecule has 22 heavy (non-hydrogen) atoms. The maximum atomic E-state index is 5.71. The summed E-state index contributed by atoms with van der Waals surface area (Å²) in [5.74, 6) is 1.62. The predicted octanol–water partition coefficient (Wildman–Crippen LogP) is 4.04. The molecule has 0 aromatic heterocycles. The third-order valence-electron chi connectivity index (χ3n) is 3.69. The largest absolute Gasteiger partial charge is 0.497 e. The first-order valence-electron chi connectivity index (χ1n) is 7.95. The summed E-state index contributed by atoms with van der Waals surface area (Å²) in [5.41, 5.74) is 1.06. The normalized spacial score (nSPS) is 18.5. The number of rotatable bonds is 8. The van der Waals surface area contributed by atoms with Gasteiger partial charge in [-0.2, -0.15) is 0 Å². The van der Waals surface area contributed by atoms with Crippen LogP contribution in [0.25, 0.3) is 6.08 Å². The van der Waals surface area contributed by atoms with Crippen LogP contribution in [0.4, 0.5) is 0 Å². The zero-order valence-corrected chi connectivity index (χ0v) is 13.5. The van der Waals surface area contributed by atoms with Crippen molar-refractivity contribution < 1.29 is 18.9 Å². The van der Waals surface area contributed by atoms with E-state index in [-0.39, 0.29) is 6.29 Å². The minimum atomic E-state index is 0.0133. The van der Waals surface area contributed by atoms with Crippen molar-refractivity contribution in [2.24, 2.45) is 0 Å². The standard InChI is InChI=1S/C18H26O4/c1-19-16-11-10-15(17(14-16)20-2)8-4-3-6-12-21-18-9-5-7-13-22-18/h4,8,10-11,14,18H,3,5-7,9,12-13H2,1-2H3/b8-4-. The molecule has 0 spiro atoms. The van der Waals surface area contributed by atoms with E-state index in [0.717, 1.165) is 56.0 Å². The molecule has 1 fully saturated rings. The van der Waals surface area contributed by atoms with E-state index >= 15 is 0 Å².